The first-order chi connectivity index (χ1) is 25.3. The van der Waals surface area contributed by atoms with Gasteiger partial charge in [0.25, 0.3) is 0 Å². The summed E-state index contributed by atoms with van der Waals surface area (Å²) in [4.78, 5) is 0. The molecule has 0 spiro atoms. The second-order valence-corrected chi connectivity index (χ2v) is 14.4. The molecule has 244 valence electrons. The fourth-order valence-corrected chi connectivity index (χ4v) is 9.29. The molecule has 0 amide bonds. The molecule has 4 heterocycles. The molecule has 1 aliphatic rings. The van der Waals surface area contributed by atoms with E-state index in [1.165, 1.54) is 36.9 Å². The van der Waals surface area contributed by atoms with Crippen LogP contribution in [0.4, 0.5) is 0 Å². The van der Waals surface area contributed by atoms with Crippen molar-refractivity contribution in [2.45, 2.75) is 18.5 Å². The van der Waals surface area contributed by atoms with Crippen LogP contribution < -0.4 is 16.0 Å². The van der Waals surface area contributed by atoms with E-state index in [1.807, 2.05) is 23.5 Å². The van der Waals surface area contributed by atoms with Crippen LogP contribution in [0.3, 0.4) is 0 Å². The number of furan rings is 2. The van der Waals surface area contributed by atoms with Crippen LogP contribution in [0.25, 0.3) is 75.2 Å². The summed E-state index contributed by atoms with van der Waals surface area (Å²) in [5.41, 5.74) is 9.34. The van der Waals surface area contributed by atoms with E-state index in [-0.39, 0.29) is 18.5 Å². The lowest BCUT2D eigenvalue weighted by atomic mass is 9.96. The predicted octanol–water partition coefficient (Wildman–Crippen LogP) is 11.7. The van der Waals surface area contributed by atoms with Crippen LogP contribution in [0.2, 0.25) is 0 Å². The fourth-order valence-electron chi connectivity index (χ4n) is 8.06. The van der Waals surface area contributed by atoms with Gasteiger partial charge in [-0.05, 0) is 47.0 Å². The largest absolute Gasteiger partial charge is 0.456 e. The number of rotatable bonds is 4. The third kappa shape index (κ3) is 4.58. The molecule has 11 rings (SSSR count). The molecule has 0 aliphatic carbocycles. The van der Waals surface area contributed by atoms with Crippen LogP contribution in [0.1, 0.15) is 35.2 Å². The maximum absolute atomic E-state index is 6.52. The third-order valence-corrected chi connectivity index (χ3v) is 11.6. The lowest BCUT2D eigenvalue weighted by Gasteiger charge is -2.39. The van der Waals surface area contributed by atoms with Crippen LogP contribution >= 0.6 is 11.3 Å². The summed E-state index contributed by atoms with van der Waals surface area (Å²) in [5.74, 6) is 0. The molecule has 1 aliphatic heterocycles. The van der Waals surface area contributed by atoms with Crippen molar-refractivity contribution in [3.8, 4) is 11.1 Å². The van der Waals surface area contributed by atoms with Crippen LogP contribution in [0.5, 0.6) is 0 Å². The van der Waals surface area contributed by atoms with Gasteiger partial charge in [-0.1, -0.05) is 121 Å². The number of para-hydroxylation sites is 2. The van der Waals surface area contributed by atoms with Crippen molar-refractivity contribution >= 4 is 75.4 Å². The topological polar surface area (TPSA) is 62.4 Å². The summed E-state index contributed by atoms with van der Waals surface area (Å²) in [6.07, 6.45) is -0.475. The molecule has 0 bridgehead atoms. The monoisotopic (exact) mass is 677 g/mol. The molecule has 3 atom stereocenters. The predicted molar refractivity (Wildman–Crippen MR) is 210 cm³/mol. The van der Waals surface area contributed by atoms with Gasteiger partial charge >= 0.3 is 0 Å². The van der Waals surface area contributed by atoms with Crippen molar-refractivity contribution in [3.05, 3.63) is 168 Å². The highest BCUT2D eigenvalue weighted by molar-refractivity contribution is 7.26. The summed E-state index contributed by atoms with van der Waals surface area (Å²) >= 11 is 1.86. The van der Waals surface area contributed by atoms with Gasteiger partial charge in [-0.3, -0.25) is 16.0 Å². The first-order valence-corrected chi connectivity index (χ1v) is 18.2. The molecule has 3 N–H and O–H groups in total. The van der Waals surface area contributed by atoms with E-state index in [9.17, 15) is 0 Å². The molecule has 7 aromatic carbocycles. The van der Waals surface area contributed by atoms with E-state index in [4.69, 9.17) is 8.83 Å². The van der Waals surface area contributed by atoms with Crippen molar-refractivity contribution in [1.82, 2.24) is 16.0 Å². The molecule has 10 aromatic rings. The van der Waals surface area contributed by atoms with Crippen molar-refractivity contribution in [2.75, 3.05) is 0 Å². The van der Waals surface area contributed by atoms with Crippen molar-refractivity contribution in [1.29, 1.82) is 0 Å². The number of hydrogen-bond donors (Lipinski definition) is 3. The van der Waals surface area contributed by atoms with Crippen LogP contribution in [-0.4, -0.2) is 0 Å². The van der Waals surface area contributed by atoms with Crippen molar-refractivity contribution in [2.24, 2.45) is 0 Å². The van der Waals surface area contributed by atoms with Gasteiger partial charge < -0.3 is 8.83 Å². The van der Waals surface area contributed by atoms with Gasteiger partial charge in [-0.15, -0.1) is 11.3 Å². The lowest BCUT2D eigenvalue weighted by Crippen LogP contribution is -2.54. The Morgan fingerprint density at radius 1 is 0.431 bits per heavy atom. The van der Waals surface area contributed by atoms with E-state index in [0.29, 0.717) is 0 Å². The van der Waals surface area contributed by atoms with Gasteiger partial charge in [0.15, 0.2) is 0 Å². The minimum atomic E-state index is -0.191. The molecule has 51 heavy (non-hydrogen) atoms. The average molecular weight is 678 g/mol. The molecular formula is C45H31N3O2S. The van der Waals surface area contributed by atoms with Gasteiger partial charge in [0.2, 0.25) is 0 Å². The Bertz CT molecular complexity index is 2940. The molecule has 0 radical (unpaired) electrons. The van der Waals surface area contributed by atoms with Crippen molar-refractivity contribution in [3.63, 3.8) is 0 Å². The van der Waals surface area contributed by atoms with E-state index in [1.54, 1.807) is 0 Å². The molecule has 6 heteroatoms. The van der Waals surface area contributed by atoms with Crippen molar-refractivity contribution < 1.29 is 8.83 Å². The number of nitrogens with one attached hydrogen (secondary N) is 3. The molecule has 0 saturated carbocycles. The SMILES string of the molecule is c1ccc(C2NC(c3ccc4oc5cccc(-c6cccc7c6sc6ccccc67)c5c4c3)NC(c3cccc4c3oc3ccccc34)N2)cc1. The smallest absolute Gasteiger partial charge is 0.141 e. The standard InChI is InChI=1S/C45H31N3O2S/c1-2-11-26(12-3-1)43-46-44(48-45(47-43)34-19-8-16-31-28-13-4-6-20-36(28)50-41(31)34)27-23-24-37-35(25-27)40-30(15-10-21-38(40)49-37)33-18-9-17-32-29-14-5-7-22-39(29)51-42(32)33/h1-25,43-48H. The highest BCUT2D eigenvalue weighted by Gasteiger charge is 2.32. The van der Waals surface area contributed by atoms with Crippen LogP contribution in [0, 0.1) is 0 Å². The van der Waals surface area contributed by atoms with E-state index < -0.39 is 0 Å². The summed E-state index contributed by atoms with van der Waals surface area (Å²) in [5, 5.41) is 18.7. The maximum atomic E-state index is 6.52. The Labute approximate surface area is 297 Å². The molecule has 3 unspecified atom stereocenters. The lowest BCUT2D eigenvalue weighted by molar-refractivity contribution is 0.203. The van der Waals surface area contributed by atoms with E-state index in [0.717, 1.165) is 55.0 Å². The van der Waals surface area contributed by atoms with Crippen LogP contribution in [-0.2, 0) is 0 Å². The second kappa shape index (κ2) is 11.4. The normalized spacial score (nSPS) is 18.2. The average Bonchev–Trinajstić information content (AvgIpc) is 3.89. The number of thiophene rings is 1. The molecule has 1 fully saturated rings. The quantitative estimate of drug-likeness (QED) is 0.173. The number of benzene rings is 7. The second-order valence-electron chi connectivity index (χ2n) is 13.3. The zero-order chi connectivity index (χ0) is 33.5. The zero-order valence-corrected chi connectivity index (χ0v) is 28.2. The van der Waals surface area contributed by atoms with Crippen LogP contribution in [0.15, 0.2) is 160 Å². The maximum Gasteiger partial charge on any atom is 0.141 e. The Kier molecular flexibility index (Phi) is 6.48. The number of fused-ring (bicyclic) bond motifs is 9. The van der Waals surface area contributed by atoms with Gasteiger partial charge in [-0.2, -0.15) is 0 Å². The van der Waals surface area contributed by atoms with E-state index in [2.05, 4.69) is 155 Å². The highest BCUT2D eigenvalue weighted by Crippen LogP contribution is 2.44. The summed E-state index contributed by atoms with van der Waals surface area (Å²) in [6.45, 7) is 0. The Hall–Kier alpha value is -5.76. The Morgan fingerprint density at radius 3 is 2.02 bits per heavy atom. The third-order valence-electron chi connectivity index (χ3n) is 10.4. The molecule has 3 aromatic heterocycles. The molecule has 1 saturated heterocycles. The zero-order valence-electron chi connectivity index (χ0n) is 27.4. The van der Waals surface area contributed by atoms with E-state index >= 15 is 0 Å². The van der Waals surface area contributed by atoms with Gasteiger partial charge in [0.05, 0.1) is 18.5 Å². The minimum Gasteiger partial charge on any atom is -0.456 e. The van der Waals surface area contributed by atoms with Gasteiger partial charge in [-0.25, -0.2) is 0 Å². The Balaban J connectivity index is 1.06. The first kappa shape index (κ1) is 29.0. The Morgan fingerprint density at radius 2 is 1.10 bits per heavy atom. The molecular weight excluding hydrogens is 647 g/mol. The fraction of sp³-hybridized carbons (Fsp3) is 0.0667. The van der Waals surface area contributed by atoms with Gasteiger partial charge in [0, 0.05) is 52.8 Å². The number of hydrogen-bond acceptors (Lipinski definition) is 6. The highest BCUT2D eigenvalue weighted by atomic mass is 32.1. The van der Waals surface area contributed by atoms with Gasteiger partial charge in [0.1, 0.15) is 22.3 Å². The summed E-state index contributed by atoms with van der Waals surface area (Å²) in [7, 11) is 0. The minimum absolute atomic E-state index is 0.111. The first-order valence-electron chi connectivity index (χ1n) is 17.4. The molecule has 5 nitrogen and oxygen atoms in total. The summed E-state index contributed by atoms with van der Waals surface area (Å²) < 4.78 is 15.6. The summed E-state index contributed by atoms with van der Waals surface area (Å²) in [6, 6.07) is 53.6.